The van der Waals surface area contributed by atoms with Crippen molar-refractivity contribution in [3.63, 3.8) is 0 Å². The number of carbonyl (C=O) groups excluding carboxylic acids is 3. The van der Waals surface area contributed by atoms with Gasteiger partial charge in [0.2, 0.25) is 11.8 Å². The van der Waals surface area contributed by atoms with E-state index in [1.54, 1.807) is 13.8 Å². The Morgan fingerprint density at radius 1 is 1.12 bits per heavy atom. The molecule has 1 heterocycles. The van der Waals surface area contributed by atoms with Gasteiger partial charge >= 0.3 is 6.03 Å². The smallest absolute Gasteiger partial charge is 0.277 e. The predicted molar refractivity (Wildman–Crippen MR) is 61.0 cm³/mol. The van der Waals surface area contributed by atoms with Crippen molar-refractivity contribution < 1.29 is 14.4 Å². The molecule has 1 saturated heterocycles. The molecule has 0 radical (unpaired) electrons. The largest absolute Gasteiger partial charge is 0.331 e. The first kappa shape index (κ1) is 12.1. The van der Waals surface area contributed by atoms with Crippen LogP contribution in [0.1, 0.15) is 46.0 Å². The van der Waals surface area contributed by atoms with E-state index in [1.807, 2.05) is 0 Å². The van der Waals surface area contributed by atoms with Gasteiger partial charge in [0.25, 0.3) is 0 Å². The minimum Gasteiger partial charge on any atom is -0.277 e. The third-order valence-corrected chi connectivity index (χ3v) is 3.73. The molecule has 1 saturated carbocycles. The fourth-order valence-corrected chi connectivity index (χ4v) is 2.76. The van der Waals surface area contributed by atoms with Crippen LogP contribution in [0.15, 0.2) is 0 Å². The van der Waals surface area contributed by atoms with Crippen LogP contribution >= 0.6 is 0 Å². The van der Waals surface area contributed by atoms with Crippen LogP contribution in [0.5, 0.6) is 0 Å². The van der Waals surface area contributed by atoms with Crippen molar-refractivity contribution in [1.82, 2.24) is 10.2 Å². The molecule has 0 aromatic heterocycles. The number of imide groups is 2. The van der Waals surface area contributed by atoms with Gasteiger partial charge in [-0.2, -0.15) is 0 Å². The highest BCUT2D eigenvalue weighted by Gasteiger charge is 2.54. The molecule has 2 fully saturated rings. The summed E-state index contributed by atoms with van der Waals surface area (Å²) in [5, 5.41) is 2.33. The number of hydrogen-bond acceptors (Lipinski definition) is 3. The highest BCUT2D eigenvalue weighted by molar-refractivity contribution is 6.19. The SMILES string of the molecule is CC(C)N1C(=O)NC(=O)C2(CCCCC2)C1=O. The van der Waals surface area contributed by atoms with Gasteiger partial charge in [0.05, 0.1) is 0 Å². The third kappa shape index (κ3) is 1.73. The van der Waals surface area contributed by atoms with Gasteiger partial charge in [0.1, 0.15) is 5.41 Å². The topological polar surface area (TPSA) is 66.5 Å². The molecule has 0 aromatic rings. The lowest BCUT2D eigenvalue weighted by molar-refractivity contribution is -0.155. The Bertz CT molecular complexity index is 370. The lowest BCUT2D eigenvalue weighted by Gasteiger charge is -2.42. The van der Waals surface area contributed by atoms with Crippen LogP contribution < -0.4 is 5.32 Å². The lowest BCUT2D eigenvalue weighted by Crippen LogP contribution is -2.65. The summed E-state index contributed by atoms with van der Waals surface area (Å²) in [6.07, 6.45) is 3.93. The van der Waals surface area contributed by atoms with E-state index in [0.29, 0.717) is 12.8 Å². The van der Waals surface area contributed by atoms with E-state index in [4.69, 9.17) is 0 Å². The van der Waals surface area contributed by atoms with Crippen LogP contribution in [0, 0.1) is 5.41 Å². The third-order valence-electron chi connectivity index (χ3n) is 3.73. The summed E-state index contributed by atoms with van der Waals surface area (Å²) in [6.45, 7) is 3.56. The molecule has 17 heavy (non-hydrogen) atoms. The highest BCUT2D eigenvalue weighted by Crippen LogP contribution is 2.40. The van der Waals surface area contributed by atoms with E-state index >= 15 is 0 Å². The van der Waals surface area contributed by atoms with Crippen LogP contribution in [-0.4, -0.2) is 28.8 Å². The Hall–Kier alpha value is -1.39. The van der Waals surface area contributed by atoms with Gasteiger partial charge in [-0.05, 0) is 26.7 Å². The second-order valence-electron chi connectivity index (χ2n) is 5.17. The molecule has 1 N–H and O–H groups in total. The molecular formula is C12H18N2O3. The molecule has 4 amide bonds. The number of amides is 4. The second-order valence-corrected chi connectivity index (χ2v) is 5.17. The fourth-order valence-electron chi connectivity index (χ4n) is 2.76. The Balaban J connectivity index is 2.35. The average Bonchev–Trinajstić information content (AvgIpc) is 2.27. The van der Waals surface area contributed by atoms with Crippen LogP contribution in [0.3, 0.4) is 0 Å². The normalized spacial score (nSPS) is 24.4. The van der Waals surface area contributed by atoms with Crippen LogP contribution in [0.2, 0.25) is 0 Å². The average molecular weight is 238 g/mol. The van der Waals surface area contributed by atoms with Crippen molar-refractivity contribution in [2.45, 2.75) is 52.0 Å². The van der Waals surface area contributed by atoms with E-state index in [1.165, 1.54) is 4.90 Å². The zero-order chi connectivity index (χ0) is 12.6. The molecule has 0 unspecified atom stereocenters. The first-order valence-corrected chi connectivity index (χ1v) is 6.18. The Labute approximate surface area is 101 Å². The maximum Gasteiger partial charge on any atom is 0.331 e. The number of hydrogen-bond donors (Lipinski definition) is 1. The summed E-state index contributed by atoms with van der Waals surface area (Å²) in [5.41, 5.74) is -0.976. The molecular weight excluding hydrogens is 220 g/mol. The summed E-state index contributed by atoms with van der Waals surface area (Å²) in [5.74, 6) is -0.704. The maximum absolute atomic E-state index is 12.4. The first-order chi connectivity index (χ1) is 7.99. The highest BCUT2D eigenvalue weighted by atomic mass is 16.2. The molecule has 1 aliphatic carbocycles. The van der Waals surface area contributed by atoms with Gasteiger partial charge < -0.3 is 0 Å². The number of nitrogens with one attached hydrogen (secondary N) is 1. The minimum atomic E-state index is -0.976. The molecule has 1 spiro atoms. The van der Waals surface area contributed by atoms with Gasteiger partial charge in [0.15, 0.2) is 0 Å². The van der Waals surface area contributed by atoms with E-state index in [9.17, 15) is 14.4 Å². The monoisotopic (exact) mass is 238 g/mol. The number of barbiturate groups is 1. The fraction of sp³-hybridized carbons (Fsp3) is 0.750. The van der Waals surface area contributed by atoms with Crippen LogP contribution in [0.4, 0.5) is 4.79 Å². The number of urea groups is 1. The summed E-state index contributed by atoms with van der Waals surface area (Å²) in [6, 6.07) is -0.791. The lowest BCUT2D eigenvalue weighted by atomic mass is 9.71. The van der Waals surface area contributed by atoms with Gasteiger partial charge in [0, 0.05) is 6.04 Å². The first-order valence-electron chi connectivity index (χ1n) is 6.18. The van der Waals surface area contributed by atoms with E-state index in [2.05, 4.69) is 5.32 Å². The molecule has 2 aliphatic rings. The van der Waals surface area contributed by atoms with Gasteiger partial charge in [-0.3, -0.25) is 19.8 Å². The number of rotatable bonds is 1. The van der Waals surface area contributed by atoms with Gasteiger partial charge in [-0.25, -0.2) is 4.79 Å². The van der Waals surface area contributed by atoms with Crippen molar-refractivity contribution in [2.75, 3.05) is 0 Å². The van der Waals surface area contributed by atoms with Crippen LogP contribution in [-0.2, 0) is 9.59 Å². The van der Waals surface area contributed by atoms with Crippen molar-refractivity contribution in [1.29, 1.82) is 0 Å². The molecule has 1 aliphatic heterocycles. The van der Waals surface area contributed by atoms with E-state index < -0.39 is 17.4 Å². The Kier molecular flexibility index (Phi) is 2.93. The van der Waals surface area contributed by atoms with Crippen molar-refractivity contribution in [3.05, 3.63) is 0 Å². The summed E-state index contributed by atoms with van der Waals surface area (Å²) in [4.78, 5) is 37.2. The summed E-state index contributed by atoms with van der Waals surface area (Å²) >= 11 is 0. The van der Waals surface area contributed by atoms with Gasteiger partial charge in [-0.1, -0.05) is 19.3 Å². The Morgan fingerprint density at radius 2 is 1.71 bits per heavy atom. The number of nitrogens with zero attached hydrogens (tertiary/aromatic N) is 1. The summed E-state index contributed by atoms with van der Waals surface area (Å²) in [7, 11) is 0. The zero-order valence-electron chi connectivity index (χ0n) is 10.3. The number of carbonyl (C=O) groups is 3. The molecule has 5 heteroatoms. The molecule has 0 aromatic carbocycles. The Morgan fingerprint density at radius 3 is 2.24 bits per heavy atom. The standard InChI is InChI=1S/C12H18N2O3/c1-8(2)14-10(16)12(6-4-3-5-7-12)9(15)13-11(14)17/h8H,3-7H2,1-2H3,(H,13,15,17). The maximum atomic E-state index is 12.4. The second kappa shape index (κ2) is 4.13. The van der Waals surface area contributed by atoms with Crippen LogP contribution in [0.25, 0.3) is 0 Å². The molecule has 0 bridgehead atoms. The molecule has 94 valence electrons. The van der Waals surface area contributed by atoms with Crippen molar-refractivity contribution in [3.8, 4) is 0 Å². The van der Waals surface area contributed by atoms with Crippen molar-refractivity contribution >= 4 is 17.8 Å². The predicted octanol–water partition coefficient (Wildman–Crippen LogP) is 1.42. The molecule has 2 rings (SSSR count). The molecule has 5 nitrogen and oxygen atoms in total. The van der Waals surface area contributed by atoms with Gasteiger partial charge in [-0.15, -0.1) is 0 Å². The summed E-state index contributed by atoms with van der Waals surface area (Å²) < 4.78 is 0. The zero-order valence-corrected chi connectivity index (χ0v) is 10.3. The quantitative estimate of drug-likeness (QED) is 0.703. The molecule has 0 atom stereocenters. The minimum absolute atomic E-state index is 0.214. The van der Waals surface area contributed by atoms with E-state index in [-0.39, 0.29) is 11.9 Å². The van der Waals surface area contributed by atoms with E-state index in [0.717, 1.165) is 19.3 Å². The van der Waals surface area contributed by atoms with Crippen molar-refractivity contribution in [2.24, 2.45) is 5.41 Å².